The summed E-state index contributed by atoms with van der Waals surface area (Å²) in [6.07, 6.45) is 0. The normalized spacial score (nSPS) is 14.4. The molecule has 0 bridgehead atoms. The molecule has 1 aromatic carbocycles. The van der Waals surface area contributed by atoms with Crippen LogP contribution in [0.3, 0.4) is 0 Å². The molecule has 12 heavy (non-hydrogen) atoms. The van der Waals surface area contributed by atoms with Gasteiger partial charge in [-0.05, 0) is 18.2 Å². The zero-order valence-corrected chi connectivity index (χ0v) is 9.22. The van der Waals surface area contributed by atoms with Gasteiger partial charge in [0.15, 0.2) is 11.5 Å². The van der Waals surface area contributed by atoms with Gasteiger partial charge in [-0.25, -0.2) is 0 Å². The molecule has 0 amide bonds. The molecule has 0 fully saturated rings. The van der Waals surface area contributed by atoms with E-state index >= 15 is 0 Å². The molecule has 64 valence electrons. The lowest BCUT2D eigenvalue weighted by Crippen LogP contribution is -2.15. The van der Waals surface area contributed by atoms with Crippen LogP contribution in [-0.4, -0.2) is 13.2 Å². The van der Waals surface area contributed by atoms with Crippen molar-refractivity contribution in [2.24, 2.45) is 0 Å². The molecular formula is C8H7IO2S. The first-order valence-corrected chi connectivity index (χ1v) is 6.94. The van der Waals surface area contributed by atoms with Crippen LogP contribution in [-0.2, 0) is 0 Å². The van der Waals surface area contributed by atoms with E-state index in [0.29, 0.717) is 13.2 Å². The minimum atomic E-state index is 0.655. The Bertz CT molecular complexity index is 290. The van der Waals surface area contributed by atoms with Gasteiger partial charge in [-0.1, -0.05) is 8.93 Å². The van der Waals surface area contributed by atoms with E-state index in [9.17, 15) is 0 Å². The average molecular weight is 294 g/mol. The summed E-state index contributed by atoms with van der Waals surface area (Å²) < 4.78 is 10.8. The molecule has 1 aliphatic rings. The van der Waals surface area contributed by atoms with Gasteiger partial charge in [0.2, 0.25) is 0 Å². The van der Waals surface area contributed by atoms with Crippen LogP contribution in [0.1, 0.15) is 0 Å². The fourth-order valence-electron chi connectivity index (χ4n) is 1.07. The summed E-state index contributed by atoms with van der Waals surface area (Å²) in [6, 6.07) is 5.99. The number of ether oxygens (including phenoxy) is 2. The van der Waals surface area contributed by atoms with Gasteiger partial charge in [0.25, 0.3) is 0 Å². The molecule has 0 aromatic heterocycles. The molecule has 0 spiro atoms. The van der Waals surface area contributed by atoms with E-state index in [4.69, 9.17) is 9.47 Å². The van der Waals surface area contributed by atoms with Crippen LogP contribution >= 0.6 is 30.1 Å². The molecule has 1 aromatic rings. The molecule has 0 radical (unpaired) electrons. The van der Waals surface area contributed by atoms with Gasteiger partial charge in [0.05, 0.1) is 0 Å². The maximum atomic E-state index is 5.42. The molecule has 0 N–H and O–H groups in total. The van der Waals surface area contributed by atoms with Crippen molar-refractivity contribution in [2.75, 3.05) is 13.2 Å². The molecule has 1 aliphatic heterocycles. The van der Waals surface area contributed by atoms with E-state index in [1.807, 2.05) is 18.2 Å². The van der Waals surface area contributed by atoms with Gasteiger partial charge in [-0.3, -0.25) is 0 Å². The van der Waals surface area contributed by atoms with Crippen molar-refractivity contribution in [3.05, 3.63) is 18.2 Å². The first kappa shape index (κ1) is 8.50. The van der Waals surface area contributed by atoms with Crippen LogP contribution in [0.2, 0.25) is 0 Å². The molecule has 2 nitrogen and oxygen atoms in total. The van der Waals surface area contributed by atoms with E-state index in [2.05, 4.69) is 21.2 Å². The van der Waals surface area contributed by atoms with Gasteiger partial charge in [-0.2, -0.15) is 0 Å². The monoisotopic (exact) mass is 294 g/mol. The van der Waals surface area contributed by atoms with Crippen molar-refractivity contribution in [2.45, 2.75) is 4.90 Å². The molecule has 0 saturated heterocycles. The summed E-state index contributed by atoms with van der Waals surface area (Å²) in [7, 11) is 1.68. The van der Waals surface area contributed by atoms with Gasteiger partial charge in [-0.15, -0.1) is 0 Å². The Morgan fingerprint density at radius 3 is 2.67 bits per heavy atom. The fraction of sp³-hybridized carbons (Fsp3) is 0.250. The minimum absolute atomic E-state index is 0.655. The predicted molar refractivity (Wildman–Crippen MR) is 57.3 cm³/mol. The highest BCUT2D eigenvalue weighted by Gasteiger charge is 2.10. The van der Waals surface area contributed by atoms with E-state index in [1.54, 1.807) is 8.93 Å². The van der Waals surface area contributed by atoms with E-state index < -0.39 is 0 Å². The third-order valence-electron chi connectivity index (χ3n) is 1.60. The summed E-state index contributed by atoms with van der Waals surface area (Å²) in [4.78, 5) is 1.19. The number of fused-ring (bicyclic) bond motifs is 1. The average Bonchev–Trinajstić information content (AvgIpc) is 2.17. The van der Waals surface area contributed by atoms with Gasteiger partial charge >= 0.3 is 0 Å². The topological polar surface area (TPSA) is 18.5 Å². The zero-order chi connectivity index (χ0) is 8.39. The number of hydrogen-bond donors (Lipinski definition) is 0. The highest BCUT2D eigenvalue weighted by Crippen LogP contribution is 2.35. The Morgan fingerprint density at radius 2 is 1.92 bits per heavy atom. The molecular weight excluding hydrogens is 287 g/mol. The Balaban J connectivity index is 2.36. The van der Waals surface area contributed by atoms with Crippen LogP contribution in [0.4, 0.5) is 0 Å². The lowest BCUT2D eigenvalue weighted by Gasteiger charge is -2.18. The lowest BCUT2D eigenvalue weighted by molar-refractivity contribution is 0.171. The molecule has 0 saturated carbocycles. The Labute approximate surface area is 87.2 Å². The Hall–Kier alpha value is -0.100. The third-order valence-corrected chi connectivity index (χ3v) is 3.56. The third kappa shape index (κ3) is 1.64. The fourth-order valence-corrected chi connectivity index (χ4v) is 2.16. The maximum absolute atomic E-state index is 5.42. The molecule has 4 heteroatoms. The number of hydrogen-bond acceptors (Lipinski definition) is 3. The zero-order valence-electron chi connectivity index (χ0n) is 6.25. The number of rotatable bonds is 1. The van der Waals surface area contributed by atoms with Crippen molar-refractivity contribution in [1.29, 1.82) is 0 Å². The summed E-state index contributed by atoms with van der Waals surface area (Å²) >= 11 is 2.25. The first-order valence-electron chi connectivity index (χ1n) is 3.58. The molecule has 2 rings (SSSR count). The SMILES string of the molecule is ISc1ccc2c(c1)OCCO2. The van der Waals surface area contributed by atoms with Crippen molar-refractivity contribution >= 4 is 30.1 Å². The van der Waals surface area contributed by atoms with Crippen LogP contribution in [0, 0.1) is 0 Å². The van der Waals surface area contributed by atoms with Gasteiger partial charge in [0.1, 0.15) is 13.2 Å². The summed E-state index contributed by atoms with van der Waals surface area (Å²) in [5.74, 6) is 1.72. The maximum Gasteiger partial charge on any atom is 0.162 e. The second-order valence-corrected chi connectivity index (χ2v) is 4.33. The first-order chi connectivity index (χ1) is 5.90. The van der Waals surface area contributed by atoms with E-state index in [1.165, 1.54) is 4.90 Å². The van der Waals surface area contributed by atoms with E-state index in [-0.39, 0.29) is 0 Å². The number of halogens is 1. The van der Waals surface area contributed by atoms with Crippen LogP contribution in [0.15, 0.2) is 23.1 Å². The highest BCUT2D eigenvalue weighted by molar-refractivity contribution is 14.2. The molecule has 0 aliphatic carbocycles. The lowest BCUT2D eigenvalue weighted by atomic mass is 10.3. The number of benzene rings is 1. The van der Waals surface area contributed by atoms with Gasteiger partial charge < -0.3 is 9.47 Å². The second-order valence-electron chi connectivity index (χ2n) is 2.38. The quantitative estimate of drug-likeness (QED) is 0.742. The standard InChI is InChI=1S/C8H7IO2S/c9-12-6-1-2-7-8(5-6)11-4-3-10-7/h1-2,5H,3-4H2. The second kappa shape index (κ2) is 3.74. The van der Waals surface area contributed by atoms with Crippen molar-refractivity contribution in [3.8, 4) is 11.5 Å². The smallest absolute Gasteiger partial charge is 0.162 e. The van der Waals surface area contributed by atoms with Crippen LogP contribution < -0.4 is 9.47 Å². The van der Waals surface area contributed by atoms with Crippen molar-refractivity contribution < 1.29 is 9.47 Å². The molecule has 0 atom stereocenters. The van der Waals surface area contributed by atoms with E-state index in [0.717, 1.165) is 11.5 Å². The highest BCUT2D eigenvalue weighted by atomic mass is 127. The predicted octanol–water partition coefficient (Wildman–Crippen LogP) is 2.90. The largest absolute Gasteiger partial charge is 0.486 e. The molecule has 1 heterocycles. The van der Waals surface area contributed by atoms with Crippen LogP contribution in [0.5, 0.6) is 11.5 Å². The van der Waals surface area contributed by atoms with Crippen molar-refractivity contribution in [1.82, 2.24) is 0 Å². The van der Waals surface area contributed by atoms with Crippen LogP contribution in [0.25, 0.3) is 0 Å². The van der Waals surface area contributed by atoms with Crippen molar-refractivity contribution in [3.63, 3.8) is 0 Å². The summed E-state index contributed by atoms with van der Waals surface area (Å²) in [6.45, 7) is 1.31. The summed E-state index contributed by atoms with van der Waals surface area (Å²) in [5.41, 5.74) is 0. The van der Waals surface area contributed by atoms with Gasteiger partial charge in [0, 0.05) is 26.1 Å². The molecule has 0 unspecified atom stereocenters. The minimum Gasteiger partial charge on any atom is -0.486 e. The summed E-state index contributed by atoms with van der Waals surface area (Å²) in [5, 5.41) is 0. The Kier molecular flexibility index (Phi) is 2.65. The Morgan fingerprint density at radius 1 is 1.17 bits per heavy atom.